The fourth-order valence-corrected chi connectivity index (χ4v) is 6.84. The summed E-state index contributed by atoms with van der Waals surface area (Å²) in [7, 11) is -3.11. The Hall–Kier alpha value is -3.64. The molecule has 0 spiro atoms. The summed E-state index contributed by atoms with van der Waals surface area (Å²) in [6.45, 7) is 10.2. The van der Waals surface area contributed by atoms with Crippen molar-refractivity contribution in [3.05, 3.63) is 99.0 Å². The number of hydrogen-bond acceptors (Lipinski definition) is 7. The zero-order chi connectivity index (χ0) is 35.5. The zero-order valence-electron chi connectivity index (χ0n) is 28.4. The van der Waals surface area contributed by atoms with Crippen LogP contribution in [0.2, 0.25) is 10.0 Å². The van der Waals surface area contributed by atoms with Crippen molar-refractivity contribution in [2.75, 3.05) is 51.3 Å². The molecule has 49 heavy (non-hydrogen) atoms. The SMILES string of the molecule is CCOc1cc(C(=O)NC(C)(C)C)ccc1C1=N[C@@H](c2ccc(Cl)cc2)[C@@H](c2ccc(Cl)cc2)N1C(=O)N1CCN(CCS(C)(=O)=O)CC1. The molecule has 0 aliphatic carbocycles. The second kappa shape index (κ2) is 15.1. The number of amidine groups is 1. The van der Waals surface area contributed by atoms with Gasteiger partial charge >= 0.3 is 6.03 Å². The minimum atomic E-state index is -3.11. The molecule has 5 rings (SSSR count). The van der Waals surface area contributed by atoms with Gasteiger partial charge in [-0.1, -0.05) is 47.5 Å². The molecule has 10 nitrogen and oxygen atoms in total. The van der Waals surface area contributed by atoms with Crippen LogP contribution in [-0.4, -0.2) is 97.8 Å². The van der Waals surface area contributed by atoms with Crippen LogP contribution in [0.25, 0.3) is 0 Å². The van der Waals surface area contributed by atoms with Gasteiger partial charge in [0, 0.05) is 60.1 Å². The molecule has 0 aromatic heterocycles. The van der Waals surface area contributed by atoms with E-state index in [9.17, 15) is 18.0 Å². The number of urea groups is 1. The Labute approximate surface area is 298 Å². The maximum Gasteiger partial charge on any atom is 0.326 e. The van der Waals surface area contributed by atoms with Crippen LogP contribution in [0.15, 0.2) is 71.7 Å². The second-order valence-corrected chi connectivity index (χ2v) is 16.5. The molecule has 2 heterocycles. The summed E-state index contributed by atoms with van der Waals surface area (Å²) in [6.07, 6.45) is 1.23. The largest absolute Gasteiger partial charge is 0.493 e. The van der Waals surface area contributed by atoms with Crippen LogP contribution >= 0.6 is 23.2 Å². The Morgan fingerprint density at radius 3 is 2.06 bits per heavy atom. The van der Waals surface area contributed by atoms with E-state index in [0.717, 1.165) is 11.1 Å². The standard InChI is InChI=1S/C36H43Cl2N5O5S/c1-6-48-30-23-26(34(44)40-36(2,3)4)11-16-29(30)33-39-31(24-7-12-27(37)13-8-24)32(25-9-14-28(38)15-10-25)43(33)35(45)42-19-17-41(18-20-42)21-22-49(5,46)47/h7-16,23,31-32H,6,17-22H2,1-5H3,(H,40,44)/t31-,32+/m0/s1. The Balaban J connectivity index is 1.59. The number of nitrogens with one attached hydrogen (secondary N) is 1. The summed E-state index contributed by atoms with van der Waals surface area (Å²) in [5, 5.41) is 4.14. The van der Waals surface area contributed by atoms with Crippen LogP contribution < -0.4 is 10.1 Å². The molecule has 262 valence electrons. The number of benzene rings is 3. The number of amides is 3. The van der Waals surface area contributed by atoms with Crippen molar-refractivity contribution in [2.24, 2.45) is 4.99 Å². The molecule has 0 unspecified atom stereocenters. The van der Waals surface area contributed by atoms with E-state index in [4.69, 9.17) is 32.9 Å². The maximum absolute atomic E-state index is 14.8. The van der Waals surface area contributed by atoms with Gasteiger partial charge in [-0.05, 0) is 81.3 Å². The molecule has 3 aromatic rings. The van der Waals surface area contributed by atoms with Gasteiger partial charge < -0.3 is 15.0 Å². The molecule has 0 radical (unpaired) electrons. The van der Waals surface area contributed by atoms with Gasteiger partial charge in [0.15, 0.2) is 0 Å². The summed E-state index contributed by atoms with van der Waals surface area (Å²) in [4.78, 5) is 38.8. The summed E-state index contributed by atoms with van der Waals surface area (Å²) >= 11 is 12.6. The molecule has 13 heteroatoms. The lowest BCUT2D eigenvalue weighted by Crippen LogP contribution is -2.54. The van der Waals surface area contributed by atoms with E-state index in [2.05, 4.69) is 10.2 Å². The van der Waals surface area contributed by atoms with Crippen molar-refractivity contribution in [3.8, 4) is 5.75 Å². The fourth-order valence-electron chi connectivity index (χ4n) is 6.00. The van der Waals surface area contributed by atoms with E-state index in [-0.39, 0.29) is 17.7 Å². The second-order valence-electron chi connectivity index (χ2n) is 13.4. The number of halogens is 2. The van der Waals surface area contributed by atoms with E-state index >= 15 is 0 Å². The first-order chi connectivity index (χ1) is 23.1. The number of rotatable bonds is 9. The lowest BCUT2D eigenvalue weighted by atomic mass is 9.93. The topological polar surface area (TPSA) is 112 Å². The number of nitrogens with zero attached hydrogens (tertiary/aromatic N) is 4. The summed E-state index contributed by atoms with van der Waals surface area (Å²) < 4.78 is 29.7. The molecule has 2 aliphatic heterocycles. The molecule has 0 bridgehead atoms. The van der Waals surface area contributed by atoms with Gasteiger partial charge in [-0.25, -0.2) is 13.2 Å². The molecule has 1 saturated heterocycles. The summed E-state index contributed by atoms with van der Waals surface area (Å²) in [6, 6.07) is 18.7. The van der Waals surface area contributed by atoms with Crippen molar-refractivity contribution < 1.29 is 22.7 Å². The first kappa shape index (κ1) is 36.6. The van der Waals surface area contributed by atoms with E-state index < -0.39 is 27.5 Å². The fraction of sp³-hybridized carbons (Fsp3) is 0.417. The Morgan fingerprint density at radius 2 is 1.51 bits per heavy atom. The quantitative estimate of drug-likeness (QED) is 0.279. The molecule has 1 fully saturated rings. The normalized spacial score (nSPS) is 18.7. The van der Waals surface area contributed by atoms with E-state index in [1.165, 1.54) is 6.26 Å². The predicted octanol–water partition coefficient (Wildman–Crippen LogP) is 6.25. The predicted molar refractivity (Wildman–Crippen MR) is 195 cm³/mol. The number of ether oxygens (including phenoxy) is 1. The van der Waals surface area contributed by atoms with Gasteiger partial charge in [0.1, 0.15) is 27.5 Å². The van der Waals surface area contributed by atoms with Gasteiger partial charge in [-0.3, -0.25) is 19.6 Å². The molecular formula is C36H43Cl2N5O5S. The van der Waals surface area contributed by atoms with E-state index in [1.54, 1.807) is 52.3 Å². The van der Waals surface area contributed by atoms with Crippen molar-refractivity contribution in [3.63, 3.8) is 0 Å². The highest BCUT2D eigenvalue weighted by Crippen LogP contribution is 2.45. The lowest BCUT2D eigenvalue weighted by Gasteiger charge is -2.39. The first-order valence-electron chi connectivity index (χ1n) is 16.3. The molecule has 0 saturated carbocycles. The number of carbonyl (C=O) groups excluding carboxylic acids is 2. The highest BCUT2D eigenvalue weighted by atomic mass is 35.5. The van der Waals surface area contributed by atoms with Gasteiger partial charge in [0.25, 0.3) is 5.91 Å². The highest BCUT2D eigenvalue weighted by Gasteiger charge is 2.45. The van der Waals surface area contributed by atoms with Crippen LogP contribution in [-0.2, 0) is 9.84 Å². The highest BCUT2D eigenvalue weighted by molar-refractivity contribution is 7.90. The Morgan fingerprint density at radius 1 is 0.918 bits per heavy atom. The van der Waals surface area contributed by atoms with Crippen molar-refractivity contribution in [2.45, 2.75) is 45.3 Å². The Bertz CT molecular complexity index is 1800. The van der Waals surface area contributed by atoms with Gasteiger partial charge in [-0.15, -0.1) is 0 Å². The number of piperazine rings is 1. The monoisotopic (exact) mass is 727 g/mol. The number of carbonyl (C=O) groups is 2. The number of aliphatic imine (C=N–C) groups is 1. The third-order valence-corrected chi connectivity index (χ3v) is 9.82. The average Bonchev–Trinajstić information content (AvgIpc) is 3.43. The summed E-state index contributed by atoms with van der Waals surface area (Å²) in [5.74, 6) is 0.663. The van der Waals surface area contributed by atoms with E-state index in [0.29, 0.717) is 72.1 Å². The Kier molecular flexibility index (Phi) is 11.3. The van der Waals surface area contributed by atoms with Crippen LogP contribution in [0.4, 0.5) is 4.79 Å². The third-order valence-electron chi connectivity index (χ3n) is 8.39. The van der Waals surface area contributed by atoms with Gasteiger partial charge in [0.05, 0.1) is 24.0 Å². The van der Waals surface area contributed by atoms with Gasteiger partial charge in [-0.2, -0.15) is 0 Å². The molecule has 3 amide bonds. The zero-order valence-corrected chi connectivity index (χ0v) is 30.8. The first-order valence-corrected chi connectivity index (χ1v) is 19.1. The maximum atomic E-state index is 14.8. The molecule has 1 N–H and O–H groups in total. The number of hydrogen-bond donors (Lipinski definition) is 1. The average molecular weight is 729 g/mol. The third kappa shape index (κ3) is 9.13. The van der Waals surface area contributed by atoms with Crippen molar-refractivity contribution in [1.82, 2.24) is 20.0 Å². The molecular weight excluding hydrogens is 685 g/mol. The smallest absolute Gasteiger partial charge is 0.326 e. The molecule has 2 atom stereocenters. The van der Waals surface area contributed by atoms with Crippen LogP contribution in [0.3, 0.4) is 0 Å². The summed E-state index contributed by atoms with van der Waals surface area (Å²) in [5.41, 5.74) is 2.26. The molecule has 2 aliphatic rings. The van der Waals surface area contributed by atoms with Crippen LogP contribution in [0, 0.1) is 0 Å². The minimum Gasteiger partial charge on any atom is -0.493 e. The van der Waals surface area contributed by atoms with Crippen LogP contribution in [0.5, 0.6) is 5.75 Å². The number of sulfone groups is 1. The van der Waals surface area contributed by atoms with Gasteiger partial charge in [0.2, 0.25) is 0 Å². The van der Waals surface area contributed by atoms with E-state index in [1.807, 2.05) is 52.0 Å². The van der Waals surface area contributed by atoms with Crippen molar-refractivity contribution in [1.29, 1.82) is 0 Å². The molecule has 3 aromatic carbocycles. The lowest BCUT2D eigenvalue weighted by molar-refractivity contribution is 0.0919. The minimum absolute atomic E-state index is 0.0647. The van der Waals surface area contributed by atoms with Crippen molar-refractivity contribution >= 4 is 50.8 Å². The van der Waals surface area contributed by atoms with Crippen LogP contribution in [0.1, 0.15) is 66.8 Å².